The fraction of sp³-hybridized carbons (Fsp3) is 0.789. The number of carbonyl (C=O) groups excluding carboxylic acids is 1. The average Bonchev–Trinajstić information content (AvgIpc) is 3.21. The van der Waals surface area contributed by atoms with Crippen molar-refractivity contribution in [3.05, 3.63) is 5.82 Å². The third-order valence-corrected chi connectivity index (χ3v) is 6.26. The number of rotatable bonds is 6. The van der Waals surface area contributed by atoms with E-state index in [1.54, 1.807) is 7.05 Å². The van der Waals surface area contributed by atoms with E-state index in [1.165, 1.54) is 30.8 Å². The molecule has 0 unspecified atom stereocenters. The first-order valence-corrected chi connectivity index (χ1v) is 11.3. The molecule has 0 radical (unpaired) electrons. The van der Waals surface area contributed by atoms with Gasteiger partial charge in [0.25, 0.3) is 0 Å². The van der Waals surface area contributed by atoms with Crippen LogP contribution in [0.25, 0.3) is 0 Å². The Morgan fingerprint density at radius 3 is 2.55 bits per heavy atom. The molecule has 2 aliphatic rings. The fourth-order valence-corrected chi connectivity index (χ4v) is 4.59. The second-order valence-electron chi connectivity index (χ2n) is 7.45. The van der Waals surface area contributed by atoms with Crippen molar-refractivity contribution < 1.29 is 4.79 Å². The molecule has 1 amide bonds. The summed E-state index contributed by atoms with van der Waals surface area (Å²) in [4.78, 5) is 25.7. The number of halogens is 1. The van der Waals surface area contributed by atoms with Crippen molar-refractivity contribution in [3.63, 3.8) is 0 Å². The normalized spacial score (nSPS) is 18.3. The highest BCUT2D eigenvalue weighted by Crippen LogP contribution is 2.19. The van der Waals surface area contributed by atoms with Gasteiger partial charge in [0.1, 0.15) is 5.82 Å². The van der Waals surface area contributed by atoms with Crippen LogP contribution in [0.1, 0.15) is 51.3 Å². The van der Waals surface area contributed by atoms with Crippen molar-refractivity contribution >= 4 is 52.5 Å². The molecule has 2 fully saturated rings. The Morgan fingerprint density at radius 2 is 1.93 bits per heavy atom. The van der Waals surface area contributed by atoms with Gasteiger partial charge in [0.15, 0.2) is 5.96 Å². The molecule has 29 heavy (non-hydrogen) atoms. The van der Waals surface area contributed by atoms with Crippen LogP contribution in [0.4, 0.5) is 5.13 Å². The highest BCUT2D eigenvalue weighted by molar-refractivity contribution is 14.0. The molecule has 1 aromatic heterocycles. The lowest BCUT2D eigenvalue weighted by atomic mass is 9.95. The molecule has 1 saturated heterocycles. The van der Waals surface area contributed by atoms with Gasteiger partial charge < -0.3 is 20.4 Å². The maximum atomic E-state index is 12.2. The van der Waals surface area contributed by atoms with E-state index >= 15 is 0 Å². The van der Waals surface area contributed by atoms with Crippen molar-refractivity contribution in [2.45, 2.75) is 57.9 Å². The summed E-state index contributed by atoms with van der Waals surface area (Å²) in [5.74, 6) is 1.94. The molecule has 1 saturated carbocycles. The standard InChI is InChI=1S/C19H33N7OS.HI/c1-3-16-23-19(28-24-16)26-13-11-25(12-14-26)18(20-2)21-10-9-17(27)22-15-7-5-4-6-8-15;/h15H,3-14H2,1-2H3,(H,20,21)(H,22,27);1H. The van der Waals surface area contributed by atoms with Gasteiger partial charge in [-0.1, -0.05) is 26.2 Å². The number of nitrogens with zero attached hydrogens (tertiary/aromatic N) is 5. The summed E-state index contributed by atoms with van der Waals surface area (Å²) in [5.41, 5.74) is 0. The molecule has 1 aliphatic carbocycles. The van der Waals surface area contributed by atoms with Crippen LogP contribution in [0.3, 0.4) is 0 Å². The van der Waals surface area contributed by atoms with Crippen LogP contribution in [0.2, 0.25) is 0 Å². The van der Waals surface area contributed by atoms with Gasteiger partial charge in [0, 0.05) is 70.2 Å². The lowest BCUT2D eigenvalue weighted by Crippen LogP contribution is -2.53. The molecular formula is C19H34IN7OS. The Balaban J connectivity index is 0.00000300. The van der Waals surface area contributed by atoms with E-state index in [4.69, 9.17) is 0 Å². The minimum absolute atomic E-state index is 0. The average molecular weight is 536 g/mol. The van der Waals surface area contributed by atoms with Crippen LogP contribution in [0, 0.1) is 0 Å². The van der Waals surface area contributed by atoms with E-state index < -0.39 is 0 Å². The molecule has 0 bridgehead atoms. The van der Waals surface area contributed by atoms with Crippen LogP contribution in [-0.2, 0) is 11.2 Å². The molecule has 2 N–H and O–H groups in total. The molecule has 1 aromatic rings. The number of nitrogens with one attached hydrogen (secondary N) is 2. The van der Waals surface area contributed by atoms with Gasteiger partial charge in [-0.3, -0.25) is 9.79 Å². The fourth-order valence-electron chi connectivity index (χ4n) is 3.79. The van der Waals surface area contributed by atoms with E-state index in [0.717, 1.165) is 62.4 Å². The lowest BCUT2D eigenvalue weighted by molar-refractivity contribution is -0.121. The number of carbonyl (C=O) groups is 1. The zero-order valence-electron chi connectivity index (χ0n) is 17.5. The van der Waals surface area contributed by atoms with E-state index in [-0.39, 0.29) is 29.9 Å². The second kappa shape index (κ2) is 12.5. The number of piperazine rings is 1. The van der Waals surface area contributed by atoms with Crippen molar-refractivity contribution in [2.75, 3.05) is 44.7 Å². The predicted octanol–water partition coefficient (Wildman–Crippen LogP) is 2.25. The Hall–Kier alpha value is -1.17. The molecule has 0 atom stereocenters. The number of guanidine groups is 1. The summed E-state index contributed by atoms with van der Waals surface area (Å²) in [5, 5.41) is 7.53. The number of hydrogen-bond acceptors (Lipinski definition) is 6. The van der Waals surface area contributed by atoms with Crippen molar-refractivity contribution in [2.24, 2.45) is 4.99 Å². The molecule has 0 spiro atoms. The zero-order chi connectivity index (χ0) is 19.8. The summed E-state index contributed by atoms with van der Waals surface area (Å²) in [6.45, 7) is 6.27. The minimum atomic E-state index is 0. The summed E-state index contributed by atoms with van der Waals surface area (Å²) in [6, 6.07) is 0.377. The molecule has 2 heterocycles. The van der Waals surface area contributed by atoms with Crippen LogP contribution >= 0.6 is 35.5 Å². The van der Waals surface area contributed by atoms with E-state index in [9.17, 15) is 4.79 Å². The highest BCUT2D eigenvalue weighted by atomic mass is 127. The van der Waals surface area contributed by atoms with Gasteiger partial charge in [-0.2, -0.15) is 4.37 Å². The third kappa shape index (κ3) is 7.23. The van der Waals surface area contributed by atoms with Gasteiger partial charge >= 0.3 is 0 Å². The van der Waals surface area contributed by atoms with E-state index in [1.807, 2.05) is 0 Å². The highest BCUT2D eigenvalue weighted by Gasteiger charge is 2.22. The number of anilines is 1. The maximum absolute atomic E-state index is 12.2. The van der Waals surface area contributed by atoms with Gasteiger partial charge in [-0.15, -0.1) is 24.0 Å². The van der Waals surface area contributed by atoms with Crippen molar-refractivity contribution in [1.82, 2.24) is 24.9 Å². The van der Waals surface area contributed by atoms with Crippen LogP contribution in [0.15, 0.2) is 4.99 Å². The number of hydrogen-bond donors (Lipinski definition) is 2. The van der Waals surface area contributed by atoms with Gasteiger partial charge in [0.2, 0.25) is 11.0 Å². The Labute approximate surface area is 195 Å². The van der Waals surface area contributed by atoms with E-state index in [0.29, 0.717) is 19.0 Å². The summed E-state index contributed by atoms with van der Waals surface area (Å²) in [7, 11) is 1.80. The van der Waals surface area contributed by atoms with Gasteiger partial charge in [-0.05, 0) is 12.8 Å². The summed E-state index contributed by atoms with van der Waals surface area (Å²) in [6.07, 6.45) is 7.38. The van der Waals surface area contributed by atoms with Crippen LogP contribution in [-0.4, -0.2) is 71.9 Å². The minimum Gasteiger partial charge on any atom is -0.356 e. The third-order valence-electron chi connectivity index (χ3n) is 5.44. The Morgan fingerprint density at radius 1 is 1.21 bits per heavy atom. The topological polar surface area (TPSA) is 85.8 Å². The van der Waals surface area contributed by atoms with Crippen molar-refractivity contribution in [1.29, 1.82) is 0 Å². The molecule has 164 valence electrons. The number of aliphatic imine (C=N–C) groups is 1. The largest absolute Gasteiger partial charge is 0.356 e. The SMILES string of the molecule is CCc1nsc(N2CCN(C(=NC)NCCC(=O)NC3CCCCC3)CC2)n1.I. The Kier molecular flexibility index (Phi) is 10.4. The van der Waals surface area contributed by atoms with Gasteiger partial charge in [0.05, 0.1) is 0 Å². The number of aryl methyl sites for hydroxylation is 1. The molecule has 1 aliphatic heterocycles. The maximum Gasteiger partial charge on any atom is 0.221 e. The smallest absolute Gasteiger partial charge is 0.221 e. The van der Waals surface area contributed by atoms with Gasteiger partial charge in [-0.25, -0.2) is 4.98 Å². The monoisotopic (exact) mass is 535 g/mol. The molecule has 3 rings (SSSR count). The quantitative estimate of drug-likeness (QED) is 0.330. The number of aromatic nitrogens is 2. The van der Waals surface area contributed by atoms with E-state index in [2.05, 4.69) is 41.7 Å². The van der Waals surface area contributed by atoms with Crippen LogP contribution < -0.4 is 15.5 Å². The zero-order valence-corrected chi connectivity index (χ0v) is 20.7. The predicted molar refractivity (Wildman–Crippen MR) is 129 cm³/mol. The first-order valence-electron chi connectivity index (χ1n) is 10.5. The molecular weight excluding hydrogens is 501 g/mol. The second-order valence-corrected chi connectivity index (χ2v) is 8.18. The number of amides is 1. The summed E-state index contributed by atoms with van der Waals surface area (Å²) >= 11 is 1.48. The van der Waals surface area contributed by atoms with Crippen molar-refractivity contribution in [3.8, 4) is 0 Å². The molecule has 8 nitrogen and oxygen atoms in total. The molecule has 0 aromatic carbocycles. The summed E-state index contributed by atoms with van der Waals surface area (Å²) < 4.78 is 4.38. The first kappa shape index (κ1) is 24.1. The Bertz CT molecular complexity index is 655. The first-order chi connectivity index (χ1) is 13.7. The van der Waals surface area contributed by atoms with Crippen LogP contribution in [0.5, 0.6) is 0 Å². The molecule has 10 heteroatoms. The lowest BCUT2D eigenvalue weighted by Gasteiger charge is -2.36.